The van der Waals surface area contributed by atoms with Gasteiger partial charge in [0.25, 0.3) is 11.9 Å². The van der Waals surface area contributed by atoms with Crippen LogP contribution in [0.15, 0.2) is 60.7 Å². The number of nitrogens with one attached hydrogen (secondary N) is 1. The monoisotopic (exact) mass is 301 g/mol. The molecule has 116 valence electrons. The van der Waals surface area contributed by atoms with Gasteiger partial charge in [0.1, 0.15) is 0 Å². The Hall–Kier alpha value is -2.21. The molecule has 0 spiro atoms. The quantitative estimate of drug-likeness (QED) is 0.540. The maximum Gasteiger partial charge on any atom is 0.300 e. The zero-order chi connectivity index (χ0) is 15.8. The highest BCUT2D eigenvalue weighted by molar-refractivity contribution is 5.93. The van der Waals surface area contributed by atoms with E-state index in [0.717, 1.165) is 5.56 Å². The van der Waals surface area contributed by atoms with Crippen molar-refractivity contribution in [2.45, 2.75) is 25.2 Å². The number of amides is 1. The van der Waals surface area contributed by atoms with Gasteiger partial charge in [-0.1, -0.05) is 48.5 Å². The molecule has 0 aliphatic carbocycles. The second-order valence-corrected chi connectivity index (χ2v) is 4.98. The summed E-state index contributed by atoms with van der Waals surface area (Å²) in [6.07, 6.45) is 1.19. The Morgan fingerprint density at radius 2 is 1.59 bits per heavy atom. The Kier molecular flexibility index (Phi) is 5.66. The maximum atomic E-state index is 11.7. The second kappa shape index (κ2) is 7.70. The maximum absolute atomic E-state index is 11.7. The van der Waals surface area contributed by atoms with Crippen molar-refractivity contribution in [2.24, 2.45) is 0 Å². The van der Waals surface area contributed by atoms with Gasteiger partial charge in [-0.05, 0) is 30.5 Å². The van der Waals surface area contributed by atoms with E-state index in [4.69, 9.17) is 4.84 Å². The number of carbonyl (C=O) groups excluding carboxylic acids is 1. The van der Waals surface area contributed by atoms with Crippen molar-refractivity contribution < 1.29 is 19.8 Å². The van der Waals surface area contributed by atoms with Crippen molar-refractivity contribution in [1.29, 1.82) is 0 Å². The summed E-state index contributed by atoms with van der Waals surface area (Å²) in [6.45, 7) is 0. The van der Waals surface area contributed by atoms with Crippen LogP contribution in [0.25, 0.3) is 0 Å². The summed E-state index contributed by atoms with van der Waals surface area (Å²) in [7, 11) is 0. The summed E-state index contributed by atoms with van der Waals surface area (Å²) in [5.74, 6) is -2.92. The van der Waals surface area contributed by atoms with Crippen LogP contribution in [-0.4, -0.2) is 22.1 Å². The number of carbonyl (C=O) groups is 1. The first-order valence-corrected chi connectivity index (χ1v) is 7.09. The van der Waals surface area contributed by atoms with Crippen LogP contribution in [-0.2, 0) is 11.3 Å². The first-order valence-electron chi connectivity index (χ1n) is 7.09. The molecule has 0 bridgehead atoms. The molecule has 2 rings (SSSR count). The molecule has 5 heteroatoms. The molecule has 0 radical (unpaired) electrons. The largest absolute Gasteiger partial charge is 0.342 e. The number of hydrogen-bond donors (Lipinski definition) is 3. The van der Waals surface area contributed by atoms with E-state index in [1.54, 1.807) is 30.3 Å². The number of hydrogen-bond acceptors (Lipinski definition) is 4. The molecule has 0 heterocycles. The van der Waals surface area contributed by atoms with Gasteiger partial charge in [-0.3, -0.25) is 4.79 Å². The molecule has 2 aromatic carbocycles. The molecule has 0 atom stereocenters. The Morgan fingerprint density at radius 1 is 1.00 bits per heavy atom. The summed E-state index contributed by atoms with van der Waals surface area (Å²) >= 11 is 0. The Bertz CT molecular complexity index is 584. The molecule has 5 nitrogen and oxygen atoms in total. The van der Waals surface area contributed by atoms with Crippen LogP contribution in [0, 0.1) is 0 Å². The van der Waals surface area contributed by atoms with E-state index in [1.165, 1.54) is 0 Å². The molecule has 2 aromatic rings. The standard InChI is InChI=1S/C17H19NO4/c19-16(15-11-5-2-6-12-15)18-22-17(20,21)13-7-10-14-8-3-1-4-9-14/h1-6,8-9,11-12,20-21H,7,10,13H2,(H,18,19). The van der Waals surface area contributed by atoms with Gasteiger partial charge >= 0.3 is 0 Å². The summed E-state index contributed by atoms with van der Waals surface area (Å²) in [5, 5.41) is 19.4. The Morgan fingerprint density at radius 3 is 2.23 bits per heavy atom. The zero-order valence-corrected chi connectivity index (χ0v) is 12.1. The third kappa shape index (κ3) is 5.29. The van der Waals surface area contributed by atoms with Crippen molar-refractivity contribution in [3.05, 3.63) is 71.8 Å². The van der Waals surface area contributed by atoms with Crippen LogP contribution >= 0.6 is 0 Å². The fraction of sp³-hybridized carbons (Fsp3) is 0.235. The predicted molar refractivity (Wildman–Crippen MR) is 81.5 cm³/mol. The Balaban J connectivity index is 1.75. The third-order valence-corrected chi connectivity index (χ3v) is 3.15. The lowest BCUT2D eigenvalue weighted by Crippen LogP contribution is -2.40. The fourth-order valence-corrected chi connectivity index (χ4v) is 2.00. The molecule has 1 amide bonds. The van der Waals surface area contributed by atoms with Gasteiger partial charge < -0.3 is 10.2 Å². The number of rotatable bonds is 7. The van der Waals surface area contributed by atoms with Crippen LogP contribution in [0.4, 0.5) is 0 Å². The molecule has 0 aliphatic rings. The number of aliphatic hydroxyl groups is 2. The molecule has 0 saturated heterocycles. The number of aryl methyl sites for hydroxylation is 1. The summed E-state index contributed by atoms with van der Waals surface area (Å²) in [4.78, 5) is 16.4. The summed E-state index contributed by atoms with van der Waals surface area (Å²) in [6, 6.07) is 18.1. The topological polar surface area (TPSA) is 78.8 Å². The number of hydroxylamine groups is 1. The predicted octanol–water partition coefficient (Wildman–Crippen LogP) is 2.01. The molecule has 0 aliphatic heterocycles. The van der Waals surface area contributed by atoms with Crippen molar-refractivity contribution in [2.75, 3.05) is 0 Å². The summed E-state index contributed by atoms with van der Waals surface area (Å²) in [5.41, 5.74) is 3.53. The second-order valence-electron chi connectivity index (χ2n) is 4.98. The molecule has 0 fully saturated rings. The highest BCUT2D eigenvalue weighted by Crippen LogP contribution is 2.13. The molecule has 0 unspecified atom stereocenters. The van der Waals surface area contributed by atoms with E-state index >= 15 is 0 Å². The number of benzene rings is 2. The molecular formula is C17H19NO4. The lowest BCUT2D eigenvalue weighted by atomic mass is 10.1. The van der Waals surface area contributed by atoms with Crippen LogP contribution < -0.4 is 5.48 Å². The highest BCUT2D eigenvalue weighted by atomic mass is 16.8. The van der Waals surface area contributed by atoms with Gasteiger partial charge in [-0.2, -0.15) is 0 Å². The van der Waals surface area contributed by atoms with Gasteiger partial charge in [-0.25, -0.2) is 10.3 Å². The van der Waals surface area contributed by atoms with Gasteiger partial charge in [0.15, 0.2) is 0 Å². The zero-order valence-electron chi connectivity index (χ0n) is 12.1. The lowest BCUT2D eigenvalue weighted by Gasteiger charge is -2.21. The SMILES string of the molecule is O=C(NOC(O)(O)CCCc1ccccc1)c1ccccc1. The Labute approximate surface area is 129 Å². The normalized spacial score (nSPS) is 11.2. The van der Waals surface area contributed by atoms with Crippen LogP contribution in [0.1, 0.15) is 28.8 Å². The van der Waals surface area contributed by atoms with Crippen LogP contribution in [0.5, 0.6) is 0 Å². The van der Waals surface area contributed by atoms with Crippen LogP contribution in [0.2, 0.25) is 0 Å². The van der Waals surface area contributed by atoms with E-state index < -0.39 is 11.9 Å². The average molecular weight is 301 g/mol. The van der Waals surface area contributed by atoms with Gasteiger partial charge in [0.05, 0.1) is 0 Å². The summed E-state index contributed by atoms with van der Waals surface area (Å²) < 4.78 is 0. The van der Waals surface area contributed by atoms with E-state index in [9.17, 15) is 15.0 Å². The molecular weight excluding hydrogens is 282 g/mol. The minimum atomic E-state index is -2.39. The minimum absolute atomic E-state index is 0.0169. The first kappa shape index (κ1) is 16.2. The lowest BCUT2D eigenvalue weighted by molar-refractivity contribution is -0.357. The van der Waals surface area contributed by atoms with Crippen molar-refractivity contribution in [3.8, 4) is 0 Å². The first-order chi connectivity index (χ1) is 10.6. The van der Waals surface area contributed by atoms with E-state index in [-0.39, 0.29) is 6.42 Å². The molecule has 0 aromatic heterocycles. The van der Waals surface area contributed by atoms with E-state index in [2.05, 4.69) is 0 Å². The molecule has 3 N–H and O–H groups in total. The third-order valence-electron chi connectivity index (χ3n) is 3.15. The van der Waals surface area contributed by atoms with Crippen LogP contribution in [0.3, 0.4) is 0 Å². The smallest absolute Gasteiger partial charge is 0.300 e. The van der Waals surface area contributed by atoms with Gasteiger partial charge in [0, 0.05) is 12.0 Å². The van der Waals surface area contributed by atoms with Gasteiger partial charge in [-0.15, -0.1) is 0 Å². The van der Waals surface area contributed by atoms with E-state index in [0.29, 0.717) is 18.4 Å². The highest BCUT2D eigenvalue weighted by Gasteiger charge is 2.25. The van der Waals surface area contributed by atoms with Crippen molar-refractivity contribution in [1.82, 2.24) is 5.48 Å². The van der Waals surface area contributed by atoms with E-state index in [1.807, 2.05) is 35.8 Å². The fourth-order valence-electron chi connectivity index (χ4n) is 2.00. The molecule has 22 heavy (non-hydrogen) atoms. The molecule has 0 saturated carbocycles. The van der Waals surface area contributed by atoms with Crippen molar-refractivity contribution >= 4 is 5.91 Å². The van der Waals surface area contributed by atoms with Gasteiger partial charge in [0.2, 0.25) is 0 Å². The minimum Gasteiger partial charge on any atom is -0.342 e. The average Bonchev–Trinajstić information content (AvgIpc) is 2.54. The van der Waals surface area contributed by atoms with Crippen molar-refractivity contribution in [3.63, 3.8) is 0 Å².